The first-order valence-electron chi connectivity index (χ1n) is 10.0. The van der Waals surface area contributed by atoms with Gasteiger partial charge in [-0.3, -0.25) is 4.79 Å². The van der Waals surface area contributed by atoms with E-state index in [9.17, 15) is 4.79 Å². The fourth-order valence-corrected chi connectivity index (χ4v) is 5.14. The Labute approximate surface area is 155 Å². The Morgan fingerprint density at radius 3 is 2.62 bits per heavy atom. The molecule has 142 valence electrons. The fraction of sp³-hybridized carbons (Fsp3) is 0.667. The summed E-state index contributed by atoms with van der Waals surface area (Å²) in [5, 5.41) is 3.10. The largest absolute Gasteiger partial charge is 0.493 e. The van der Waals surface area contributed by atoms with Crippen molar-refractivity contribution in [3.05, 3.63) is 23.8 Å². The molecule has 5 nitrogen and oxygen atoms in total. The molecule has 2 bridgehead atoms. The van der Waals surface area contributed by atoms with Crippen molar-refractivity contribution >= 4 is 5.91 Å². The van der Waals surface area contributed by atoms with Crippen molar-refractivity contribution in [3.8, 4) is 11.5 Å². The highest BCUT2D eigenvalue weighted by atomic mass is 16.5. The van der Waals surface area contributed by atoms with Crippen LogP contribution >= 0.6 is 0 Å². The van der Waals surface area contributed by atoms with E-state index < -0.39 is 0 Å². The van der Waals surface area contributed by atoms with E-state index in [4.69, 9.17) is 15.2 Å². The molecule has 1 aromatic carbocycles. The summed E-state index contributed by atoms with van der Waals surface area (Å²) >= 11 is 0. The molecule has 26 heavy (non-hydrogen) atoms. The van der Waals surface area contributed by atoms with Crippen molar-refractivity contribution in [1.29, 1.82) is 0 Å². The maximum Gasteiger partial charge on any atom is 0.225 e. The summed E-state index contributed by atoms with van der Waals surface area (Å²) in [6, 6.07) is 5.94. The van der Waals surface area contributed by atoms with Gasteiger partial charge in [-0.1, -0.05) is 6.07 Å². The van der Waals surface area contributed by atoms with E-state index in [-0.39, 0.29) is 24.0 Å². The lowest BCUT2D eigenvalue weighted by Gasteiger charge is -2.27. The van der Waals surface area contributed by atoms with Crippen LogP contribution in [0.3, 0.4) is 0 Å². The van der Waals surface area contributed by atoms with Crippen molar-refractivity contribution in [2.24, 2.45) is 23.5 Å². The molecule has 4 unspecified atom stereocenters. The second-order valence-electron chi connectivity index (χ2n) is 8.16. The van der Waals surface area contributed by atoms with E-state index in [1.54, 1.807) is 7.11 Å². The third-order valence-electron chi connectivity index (χ3n) is 6.57. The van der Waals surface area contributed by atoms with Gasteiger partial charge in [-0.25, -0.2) is 0 Å². The summed E-state index contributed by atoms with van der Waals surface area (Å²) in [5.41, 5.74) is 7.32. The number of ether oxygens (including phenoxy) is 2. The van der Waals surface area contributed by atoms with E-state index in [1.165, 1.54) is 19.3 Å². The van der Waals surface area contributed by atoms with Crippen LogP contribution in [0.2, 0.25) is 0 Å². The number of fused-ring (bicyclic) bond motifs is 2. The number of nitrogens with two attached hydrogens (primary N) is 1. The Kier molecular flexibility index (Phi) is 5.07. The maximum absolute atomic E-state index is 12.7. The summed E-state index contributed by atoms with van der Waals surface area (Å²) in [6.07, 6.45) is 8.41. The first kappa shape index (κ1) is 17.7. The number of benzene rings is 1. The first-order valence-corrected chi connectivity index (χ1v) is 10.0. The van der Waals surface area contributed by atoms with Crippen molar-refractivity contribution in [3.63, 3.8) is 0 Å². The second kappa shape index (κ2) is 7.47. The molecule has 0 spiro atoms. The van der Waals surface area contributed by atoms with Crippen molar-refractivity contribution in [1.82, 2.24) is 5.32 Å². The number of carbonyl (C=O) groups is 1. The van der Waals surface area contributed by atoms with Gasteiger partial charge < -0.3 is 20.5 Å². The van der Waals surface area contributed by atoms with E-state index >= 15 is 0 Å². The molecule has 3 aliphatic carbocycles. The molecule has 0 radical (unpaired) electrons. The van der Waals surface area contributed by atoms with Crippen molar-refractivity contribution < 1.29 is 14.3 Å². The Morgan fingerprint density at radius 2 is 1.92 bits per heavy atom. The first-order chi connectivity index (χ1) is 12.7. The van der Waals surface area contributed by atoms with Gasteiger partial charge in [-0.2, -0.15) is 0 Å². The summed E-state index contributed by atoms with van der Waals surface area (Å²) in [4.78, 5) is 12.7. The van der Waals surface area contributed by atoms with E-state index in [0.717, 1.165) is 42.7 Å². The third kappa shape index (κ3) is 3.41. The van der Waals surface area contributed by atoms with Crippen LogP contribution in [0, 0.1) is 17.8 Å². The quantitative estimate of drug-likeness (QED) is 0.820. The predicted octanol–water partition coefficient (Wildman–Crippen LogP) is 3.01. The predicted molar refractivity (Wildman–Crippen MR) is 100 cm³/mol. The van der Waals surface area contributed by atoms with Gasteiger partial charge in [0.05, 0.1) is 19.1 Å². The summed E-state index contributed by atoms with van der Waals surface area (Å²) in [5.74, 6) is 2.65. The molecule has 0 aromatic heterocycles. The molecule has 4 rings (SSSR count). The van der Waals surface area contributed by atoms with Crippen LogP contribution < -0.4 is 20.5 Å². The minimum Gasteiger partial charge on any atom is -0.493 e. The minimum atomic E-state index is -0.0128. The number of nitrogens with one attached hydrogen (secondary N) is 1. The van der Waals surface area contributed by atoms with Gasteiger partial charge in [0.15, 0.2) is 11.5 Å². The highest BCUT2D eigenvalue weighted by Crippen LogP contribution is 2.47. The SMILES string of the molecule is COc1ccc(CNC(=O)C2C3CCC(C3)C2N)cc1OC1CCCC1. The third-order valence-corrected chi connectivity index (χ3v) is 6.57. The number of carbonyl (C=O) groups excluding carboxylic acids is 1. The molecule has 1 aromatic rings. The number of hydrogen-bond donors (Lipinski definition) is 2. The van der Waals surface area contributed by atoms with Crippen LogP contribution in [0.5, 0.6) is 11.5 Å². The summed E-state index contributed by atoms with van der Waals surface area (Å²) in [6.45, 7) is 0.504. The van der Waals surface area contributed by atoms with Crippen LogP contribution in [0.4, 0.5) is 0 Å². The Hall–Kier alpha value is -1.75. The van der Waals surface area contributed by atoms with E-state index in [1.807, 2.05) is 18.2 Å². The van der Waals surface area contributed by atoms with Gasteiger partial charge in [0.1, 0.15) is 0 Å². The average Bonchev–Trinajstić information content (AvgIpc) is 3.37. The van der Waals surface area contributed by atoms with Crippen LogP contribution in [0.25, 0.3) is 0 Å². The Balaban J connectivity index is 1.39. The van der Waals surface area contributed by atoms with Crippen LogP contribution in [-0.2, 0) is 11.3 Å². The Morgan fingerprint density at radius 1 is 1.15 bits per heavy atom. The molecule has 0 heterocycles. The summed E-state index contributed by atoms with van der Waals surface area (Å²) in [7, 11) is 1.66. The standard InChI is InChI=1S/C21H30N2O3/c1-25-17-9-6-13(10-18(17)26-16-4-2-3-5-16)12-23-21(24)19-14-7-8-15(11-14)20(19)22/h6,9-10,14-16,19-20H,2-5,7-8,11-12,22H2,1H3,(H,23,24). The Bertz CT molecular complexity index is 655. The lowest BCUT2D eigenvalue weighted by Crippen LogP contribution is -2.45. The minimum absolute atomic E-state index is 0.0128. The van der Waals surface area contributed by atoms with Gasteiger partial charge in [0.2, 0.25) is 5.91 Å². The van der Waals surface area contributed by atoms with Crippen LogP contribution in [0.15, 0.2) is 18.2 Å². The zero-order valence-electron chi connectivity index (χ0n) is 15.6. The smallest absolute Gasteiger partial charge is 0.225 e. The molecule has 0 aliphatic heterocycles. The number of hydrogen-bond acceptors (Lipinski definition) is 4. The number of rotatable bonds is 6. The highest BCUT2D eigenvalue weighted by molar-refractivity contribution is 5.80. The number of methoxy groups -OCH3 is 1. The van der Waals surface area contributed by atoms with Gasteiger partial charge >= 0.3 is 0 Å². The molecule has 3 saturated carbocycles. The fourth-order valence-electron chi connectivity index (χ4n) is 5.14. The topological polar surface area (TPSA) is 73.6 Å². The molecule has 3 aliphatic rings. The van der Waals surface area contributed by atoms with Gasteiger partial charge in [-0.05, 0) is 74.5 Å². The molecule has 4 atom stereocenters. The van der Waals surface area contributed by atoms with Crippen molar-refractivity contribution in [2.75, 3.05) is 7.11 Å². The van der Waals surface area contributed by atoms with Gasteiger partial charge in [0, 0.05) is 12.6 Å². The second-order valence-corrected chi connectivity index (χ2v) is 8.16. The maximum atomic E-state index is 12.7. The normalized spacial score (nSPS) is 30.5. The number of amides is 1. The monoisotopic (exact) mass is 358 g/mol. The van der Waals surface area contributed by atoms with E-state index in [2.05, 4.69) is 5.32 Å². The lowest BCUT2D eigenvalue weighted by molar-refractivity contribution is -0.127. The zero-order chi connectivity index (χ0) is 18.1. The summed E-state index contributed by atoms with van der Waals surface area (Å²) < 4.78 is 11.6. The molecule has 3 fully saturated rings. The highest BCUT2D eigenvalue weighted by Gasteiger charge is 2.48. The van der Waals surface area contributed by atoms with E-state index in [0.29, 0.717) is 18.4 Å². The molecular formula is C21H30N2O3. The van der Waals surface area contributed by atoms with Crippen LogP contribution in [-0.4, -0.2) is 25.2 Å². The lowest BCUT2D eigenvalue weighted by atomic mass is 9.84. The van der Waals surface area contributed by atoms with Gasteiger partial charge in [0.25, 0.3) is 0 Å². The zero-order valence-corrected chi connectivity index (χ0v) is 15.6. The molecule has 3 N–H and O–H groups in total. The van der Waals surface area contributed by atoms with Crippen LogP contribution in [0.1, 0.15) is 50.5 Å². The molecular weight excluding hydrogens is 328 g/mol. The molecule has 5 heteroatoms. The molecule has 1 amide bonds. The average molecular weight is 358 g/mol. The van der Waals surface area contributed by atoms with Gasteiger partial charge in [-0.15, -0.1) is 0 Å². The molecule has 0 saturated heterocycles. The van der Waals surface area contributed by atoms with Crippen molar-refractivity contribution in [2.45, 2.75) is 63.6 Å².